The summed E-state index contributed by atoms with van der Waals surface area (Å²) in [5.74, 6) is -0.313. The maximum Gasteiger partial charge on any atom is 0.132 e. The van der Waals surface area contributed by atoms with Crippen LogP contribution in [0.1, 0.15) is 5.56 Å². The lowest BCUT2D eigenvalue weighted by Crippen LogP contribution is -1.97. The topological polar surface area (TPSA) is 38.9 Å². The maximum absolute atomic E-state index is 13.4. The van der Waals surface area contributed by atoms with Crippen molar-refractivity contribution in [2.45, 2.75) is 6.54 Å². The van der Waals surface area contributed by atoms with E-state index in [4.69, 9.17) is 17.3 Å². The molecule has 2 aromatic rings. The fourth-order valence-corrected chi connectivity index (χ4v) is 1.49. The first kappa shape index (κ1) is 9.37. The van der Waals surface area contributed by atoms with E-state index in [0.717, 1.165) is 0 Å². The average molecular weight is 211 g/mol. The minimum Gasteiger partial charge on any atom is -0.326 e. The van der Waals surface area contributed by atoms with Gasteiger partial charge in [-0.05, 0) is 29.8 Å². The number of hydrogen-bond acceptors (Lipinski definition) is 2. The zero-order valence-electron chi connectivity index (χ0n) is 7.30. The molecule has 4 heteroatoms. The molecule has 0 atom stereocenters. The van der Waals surface area contributed by atoms with Crippen molar-refractivity contribution in [1.82, 2.24) is 4.98 Å². The molecular formula is C10H8ClFN2. The SMILES string of the molecule is NCc1cc(F)c2ccc(Cl)nc2c1. The molecule has 0 unspecified atom stereocenters. The number of benzene rings is 1. The van der Waals surface area contributed by atoms with E-state index < -0.39 is 0 Å². The first-order chi connectivity index (χ1) is 6.70. The Labute approximate surface area is 85.5 Å². The summed E-state index contributed by atoms with van der Waals surface area (Å²) in [7, 11) is 0. The molecule has 0 radical (unpaired) electrons. The third-order valence-corrected chi connectivity index (χ3v) is 2.23. The Bertz CT molecular complexity index is 485. The Balaban J connectivity index is 2.77. The minimum absolute atomic E-state index is 0.293. The zero-order valence-corrected chi connectivity index (χ0v) is 8.05. The summed E-state index contributed by atoms with van der Waals surface area (Å²) in [4.78, 5) is 4.01. The highest BCUT2D eigenvalue weighted by atomic mass is 35.5. The summed E-state index contributed by atoms with van der Waals surface area (Å²) < 4.78 is 13.4. The van der Waals surface area contributed by atoms with Crippen molar-refractivity contribution < 1.29 is 4.39 Å². The largest absolute Gasteiger partial charge is 0.326 e. The number of rotatable bonds is 1. The van der Waals surface area contributed by atoms with Gasteiger partial charge in [0.15, 0.2) is 0 Å². The second kappa shape index (κ2) is 3.52. The Morgan fingerprint density at radius 3 is 2.86 bits per heavy atom. The van der Waals surface area contributed by atoms with Crippen LogP contribution in [0.15, 0.2) is 24.3 Å². The van der Waals surface area contributed by atoms with E-state index in [0.29, 0.717) is 28.2 Å². The van der Waals surface area contributed by atoms with Crippen molar-refractivity contribution in [3.8, 4) is 0 Å². The van der Waals surface area contributed by atoms with Crippen LogP contribution in [0.3, 0.4) is 0 Å². The van der Waals surface area contributed by atoms with Crippen molar-refractivity contribution in [1.29, 1.82) is 0 Å². The molecule has 0 aliphatic carbocycles. The molecule has 2 N–H and O–H groups in total. The van der Waals surface area contributed by atoms with E-state index in [9.17, 15) is 4.39 Å². The van der Waals surface area contributed by atoms with E-state index in [1.165, 1.54) is 6.07 Å². The molecule has 0 spiro atoms. The van der Waals surface area contributed by atoms with Gasteiger partial charge in [0.05, 0.1) is 5.52 Å². The van der Waals surface area contributed by atoms with Crippen molar-refractivity contribution in [2.24, 2.45) is 5.73 Å². The van der Waals surface area contributed by atoms with E-state index in [2.05, 4.69) is 4.98 Å². The number of fused-ring (bicyclic) bond motifs is 1. The van der Waals surface area contributed by atoms with Gasteiger partial charge in [0.2, 0.25) is 0 Å². The van der Waals surface area contributed by atoms with Crippen molar-refractivity contribution >= 4 is 22.5 Å². The average Bonchev–Trinajstić information content (AvgIpc) is 2.16. The predicted molar refractivity (Wildman–Crippen MR) is 54.6 cm³/mol. The number of nitrogens with zero attached hydrogens (tertiary/aromatic N) is 1. The zero-order chi connectivity index (χ0) is 10.1. The van der Waals surface area contributed by atoms with Gasteiger partial charge < -0.3 is 5.73 Å². The number of aromatic nitrogens is 1. The smallest absolute Gasteiger partial charge is 0.132 e. The van der Waals surface area contributed by atoms with Crippen LogP contribution in [0.2, 0.25) is 5.15 Å². The molecule has 0 saturated heterocycles. The van der Waals surface area contributed by atoms with Gasteiger partial charge in [-0.1, -0.05) is 11.6 Å². The molecule has 1 heterocycles. The van der Waals surface area contributed by atoms with E-state index in [-0.39, 0.29) is 5.82 Å². The highest BCUT2D eigenvalue weighted by molar-refractivity contribution is 6.29. The van der Waals surface area contributed by atoms with Crippen LogP contribution in [-0.2, 0) is 6.54 Å². The number of pyridine rings is 1. The molecule has 72 valence electrons. The van der Waals surface area contributed by atoms with Crippen LogP contribution in [-0.4, -0.2) is 4.98 Å². The summed E-state index contributed by atoms with van der Waals surface area (Å²) in [5.41, 5.74) is 6.67. The van der Waals surface area contributed by atoms with Crippen LogP contribution < -0.4 is 5.73 Å². The van der Waals surface area contributed by atoms with Crippen molar-refractivity contribution in [3.63, 3.8) is 0 Å². The molecule has 0 fully saturated rings. The molecule has 0 bridgehead atoms. The lowest BCUT2D eigenvalue weighted by atomic mass is 10.1. The Hall–Kier alpha value is -1.19. The standard InChI is InChI=1S/C10H8ClFN2/c11-10-2-1-7-8(12)3-6(5-13)4-9(7)14-10/h1-4H,5,13H2. The Morgan fingerprint density at radius 1 is 1.36 bits per heavy atom. The second-order valence-corrected chi connectivity index (χ2v) is 3.37. The van der Waals surface area contributed by atoms with Gasteiger partial charge >= 0.3 is 0 Å². The van der Waals surface area contributed by atoms with Gasteiger partial charge in [0.1, 0.15) is 11.0 Å². The van der Waals surface area contributed by atoms with Crippen LogP contribution in [0, 0.1) is 5.82 Å². The molecule has 0 aliphatic heterocycles. The van der Waals surface area contributed by atoms with Crippen LogP contribution in [0.5, 0.6) is 0 Å². The van der Waals surface area contributed by atoms with Gasteiger partial charge in [0.25, 0.3) is 0 Å². The van der Waals surface area contributed by atoms with E-state index >= 15 is 0 Å². The number of hydrogen-bond donors (Lipinski definition) is 1. The van der Waals surface area contributed by atoms with E-state index in [1.54, 1.807) is 18.2 Å². The molecule has 0 saturated carbocycles. The molecule has 2 rings (SSSR count). The summed E-state index contributed by atoms with van der Waals surface area (Å²) >= 11 is 5.70. The van der Waals surface area contributed by atoms with Crippen molar-refractivity contribution in [3.05, 3.63) is 40.8 Å². The van der Waals surface area contributed by atoms with Gasteiger partial charge in [-0.15, -0.1) is 0 Å². The Kier molecular flexibility index (Phi) is 2.35. The predicted octanol–water partition coefficient (Wildman–Crippen LogP) is 2.49. The molecule has 0 aliphatic rings. The molecular weight excluding hydrogens is 203 g/mol. The lowest BCUT2D eigenvalue weighted by Gasteiger charge is -2.02. The monoisotopic (exact) mass is 210 g/mol. The van der Waals surface area contributed by atoms with Gasteiger partial charge in [0, 0.05) is 11.9 Å². The fraction of sp³-hybridized carbons (Fsp3) is 0.100. The highest BCUT2D eigenvalue weighted by Gasteiger charge is 2.04. The number of halogens is 2. The van der Waals surface area contributed by atoms with Gasteiger partial charge in [-0.2, -0.15) is 0 Å². The summed E-state index contributed by atoms with van der Waals surface area (Å²) in [6.07, 6.45) is 0. The molecule has 1 aromatic carbocycles. The van der Waals surface area contributed by atoms with Crippen LogP contribution in [0.4, 0.5) is 4.39 Å². The quantitative estimate of drug-likeness (QED) is 0.735. The Morgan fingerprint density at radius 2 is 2.14 bits per heavy atom. The first-order valence-electron chi connectivity index (χ1n) is 4.15. The summed E-state index contributed by atoms with van der Waals surface area (Å²) in [6, 6.07) is 6.33. The third kappa shape index (κ3) is 1.56. The van der Waals surface area contributed by atoms with Gasteiger partial charge in [-0.3, -0.25) is 0 Å². The molecule has 14 heavy (non-hydrogen) atoms. The van der Waals surface area contributed by atoms with Crippen LogP contribution >= 0.6 is 11.6 Å². The van der Waals surface area contributed by atoms with Crippen molar-refractivity contribution in [2.75, 3.05) is 0 Å². The summed E-state index contributed by atoms with van der Waals surface area (Å²) in [5, 5.41) is 0.817. The highest BCUT2D eigenvalue weighted by Crippen LogP contribution is 2.20. The maximum atomic E-state index is 13.4. The molecule has 0 amide bonds. The normalized spacial score (nSPS) is 10.8. The lowest BCUT2D eigenvalue weighted by molar-refractivity contribution is 0.637. The second-order valence-electron chi connectivity index (χ2n) is 2.98. The fourth-order valence-electron chi connectivity index (χ4n) is 1.34. The number of nitrogens with two attached hydrogens (primary N) is 1. The van der Waals surface area contributed by atoms with Gasteiger partial charge in [-0.25, -0.2) is 9.37 Å². The minimum atomic E-state index is -0.313. The first-order valence-corrected chi connectivity index (χ1v) is 4.53. The third-order valence-electron chi connectivity index (χ3n) is 2.02. The molecule has 2 nitrogen and oxygen atoms in total. The summed E-state index contributed by atoms with van der Waals surface area (Å²) in [6.45, 7) is 0.293. The van der Waals surface area contributed by atoms with Crippen LogP contribution in [0.25, 0.3) is 10.9 Å². The molecule has 1 aromatic heterocycles. The van der Waals surface area contributed by atoms with E-state index in [1.807, 2.05) is 0 Å².